The summed E-state index contributed by atoms with van der Waals surface area (Å²) in [5.41, 5.74) is 13.0. The molecule has 0 saturated carbocycles. The van der Waals surface area contributed by atoms with Crippen LogP contribution in [-0.2, 0) is 0 Å². The van der Waals surface area contributed by atoms with Gasteiger partial charge in [-0.05, 0) is 23.6 Å². The molecule has 130 valence electrons. The molecule has 0 aliphatic rings. The van der Waals surface area contributed by atoms with E-state index in [0.29, 0.717) is 27.9 Å². The molecule has 3 aromatic rings. The van der Waals surface area contributed by atoms with Gasteiger partial charge in [-0.2, -0.15) is 0 Å². The smallest absolute Gasteiger partial charge is 0.257 e. The van der Waals surface area contributed by atoms with Crippen molar-refractivity contribution in [3.63, 3.8) is 0 Å². The Labute approximate surface area is 150 Å². The van der Waals surface area contributed by atoms with Crippen LogP contribution in [0.25, 0.3) is 10.8 Å². The van der Waals surface area contributed by atoms with E-state index >= 15 is 0 Å². The van der Waals surface area contributed by atoms with Crippen molar-refractivity contribution in [2.75, 3.05) is 10.6 Å². The number of amides is 1. The van der Waals surface area contributed by atoms with Gasteiger partial charge in [-0.1, -0.05) is 42.5 Å². The lowest BCUT2D eigenvalue weighted by Gasteiger charge is -2.14. The molecule has 0 spiro atoms. The predicted octanol–water partition coefficient (Wildman–Crippen LogP) is 2.68. The zero-order valence-corrected chi connectivity index (χ0v) is 13.8. The Hall–Kier alpha value is -3.87. The molecule has 26 heavy (non-hydrogen) atoms. The van der Waals surface area contributed by atoms with Gasteiger partial charge >= 0.3 is 0 Å². The highest BCUT2D eigenvalue weighted by molar-refractivity contribution is 6.17. The van der Waals surface area contributed by atoms with E-state index in [0.717, 1.165) is 5.39 Å². The average Bonchev–Trinajstić information content (AvgIpc) is 2.61. The molecule has 3 rings (SSSR count). The Kier molecular flexibility index (Phi) is 4.53. The summed E-state index contributed by atoms with van der Waals surface area (Å²) in [6, 6.07) is 17.7. The standard InChI is InChI=1S/C19H18N6O/c20-17(21)13-8-3-5-11-6-4-10-15(16(11)13)24-18(26)12-7-1-2-9-14(12)25-19(22)23/h1-10H,(H3,20,21)(H,24,26)(H4,22,23,25). The van der Waals surface area contributed by atoms with E-state index in [4.69, 9.17) is 22.3 Å². The maximum atomic E-state index is 12.8. The SMILES string of the molecule is N=C(N)Nc1ccccc1C(=O)Nc1cccc2cccc(C(=N)N)c12. The highest BCUT2D eigenvalue weighted by Gasteiger charge is 2.15. The van der Waals surface area contributed by atoms with Crippen LogP contribution in [-0.4, -0.2) is 17.7 Å². The van der Waals surface area contributed by atoms with E-state index in [1.165, 1.54) is 0 Å². The molecule has 0 aromatic heterocycles. The number of carbonyl (C=O) groups is 1. The fourth-order valence-electron chi connectivity index (χ4n) is 2.79. The first-order valence-electron chi connectivity index (χ1n) is 7.85. The number of para-hydroxylation sites is 1. The third-order valence-corrected chi connectivity index (χ3v) is 3.88. The monoisotopic (exact) mass is 346 g/mol. The molecule has 7 heteroatoms. The van der Waals surface area contributed by atoms with Crippen LogP contribution >= 0.6 is 0 Å². The molecule has 0 aliphatic carbocycles. The fraction of sp³-hybridized carbons (Fsp3) is 0. The minimum atomic E-state index is -0.361. The van der Waals surface area contributed by atoms with Crippen molar-refractivity contribution < 1.29 is 4.79 Å². The second-order valence-corrected chi connectivity index (χ2v) is 5.66. The lowest BCUT2D eigenvalue weighted by atomic mass is 10.0. The lowest BCUT2D eigenvalue weighted by molar-refractivity contribution is 0.102. The molecule has 1 amide bonds. The Morgan fingerprint density at radius 2 is 1.38 bits per heavy atom. The third-order valence-electron chi connectivity index (χ3n) is 3.88. The Morgan fingerprint density at radius 3 is 2.08 bits per heavy atom. The summed E-state index contributed by atoms with van der Waals surface area (Å²) in [7, 11) is 0. The number of carbonyl (C=O) groups excluding carboxylic acids is 1. The quantitative estimate of drug-likeness (QED) is 0.319. The average molecular weight is 346 g/mol. The molecule has 3 aromatic carbocycles. The van der Waals surface area contributed by atoms with Crippen molar-refractivity contribution in [1.82, 2.24) is 0 Å². The van der Waals surface area contributed by atoms with Crippen LogP contribution in [0.2, 0.25) is 0 Å². The molecule has 0 saturated heterocycles. The zero-order chi connectivity index (χ0) is 18.7. The number of guanidine groups is 1. The predicted molar refractivity (Wildman–Crippen MR) is 105 cm³/mol. The molecule has 7 nitrogen and oxygen atoms in total. The number of hydrogen-bond donors (Lipinski definition) is 6. The van der Waals surface area contributed by atoms with Gasteiger partial charge in [-0.25, -0.2) is 0 Å². The first-order chi connectivity index (χ1) is 12.5. The molecule has 0 unspecified atom stereocenters. The van der Waals surface area contributed by atoms with Crippen molar-refractivity contribution in [2.24, 2.45) is 11.5 Å². The van der Waals surface area contributed by atoms with Gasteiger partial charge in [0.15, 0.2) is 5.96 Å². The van der Waals surface area contributed by atoms with Crippen molar-refractivity contribution in [1.29, 1.82) is 10.8 Å². The molecule has 0 atom stereocenters. The fourth-order valence-corrected chi connectivity index (χ4v) is 2.79. The second kappa shape index (κ2) is 6.94. The number of hydrogen-bond acceptors (Lipinski definition) is 3. The first-order valence-corrected chi connectivity index (χ1v) is 7.85. The summed E-state index contributed by atoms with van der Waals surface area (Å²) in [6.45, 7) is 0. The number of amidine groups is 1. The molecule has 0 radical (unpaired) electrons. The largest absolute Gasteiger partial charge is 0.384 e. The van der Waals surface area contributed by atoms with E-state index in [1.54, 1.807) is 36.4 Å². The van der Waals surface area contributed by atoms with E-state index in [1.807, 2.05) is 24.3 Å². The van der Waals surface area contributed by atoms with Crippen LogP contribution in [0.1, 0.15) is 15.9 Å². The summed E-state index contributed by atoms with van der Waals surface area (Å²) in [6.07, 6.45) is 0. The van der Waals surface area contributed by atoms with Gasteiger partial charge in [-0.15, -0.1) is 0 Å². The summed E-state index contributed by atoms with van der Waals surface area (Å²) in [5.74, 6) is -0.689. The minimum absolute atomic E-state index is 0.0732. The van der Waals surface area contributed by atoms with E-state index < -0.39 is 0 Å². The third kappa shape index (κ3) is 3.32. The molecule has 0 bridgehead atoms. The van der Waals surface area contributed by atoms with Crippen LogP contribution in [0, 0.1) is 10.8 Å². The highest BCUT2D eigenvalue weighted by Crippen LogP contribution is 2.28. The maximum Gasteiger partial charge on any atom is 0.257 e. The van der Waals surface area contributed by atoms with E-state index in [9.17, 15) is 4.79 Å². The van der Waals surface area contributed by atoms with Crippen LogP contribution < -0.4 is 22.1 Å². The van der Waals surface area contributed by atoms with Crippen molar-refractivity contribution in [3.8, 4) is 0 Å². The molecule has 0 fully saturated rings. The molecule has 8 N–H and O–H groups in total. The van der Waals surface area contributed by atoms with Crippen LogP contribution in [0.3, 0.4) is 0 Å². The van der Waals surface area contributed by atoms with Gasteiger partial charge in [-0.3, -0.25) is 15.6 Å². The summed E-state index contributed by atoms with van der Waals surface area (Å²) in [4.78, 5) is 12.8. The molecular formula is C19H18N6O. The van der Waals surface area contributed by atoms with Crippen molar-refractivity contribution >= 4 is 39.8 Å². The number of fused-ring (bicyclic) bond motifs is 1. The normalized spacial score (nSPS) is 10.3. The topological polar surface area (TPSA) is 141 Å². The van der Waals surface area contributed by atoms with Gasteiger partial charge in [0, 0.05) is 16.6 Å². The van der Waals surface area contributed by atoms with Crippen LogP contribution in [0.5, 0.6) is 0 Å². The number of rotatable bonds is 4. The van der Waals surface area contributed by atoms with Gasteiger partial charge < -0.3 is 22.1 Å². The van der Waals surface area contributed by atoms with Gasteiger partial charge in [0.2, 0.25) is 0 Å². The van der Waals surface area contributed by atoms with Crippen molar-refractivity contribution in [2.45, 2.75) is 0 Å². The maximum absolute atomic E-state index is 12.8. The summed E-state index contributed by atoms with van der Waals surface area (Å²) >= 11 is 0. The molecular weight excluding hydrogens is 328 g/mol. The lowest BCUT2D eigenvalue weighted by Crippen LogP contribution is -2.23. The van der Waals surface area contributed by atoms with Gasteiger partial charge in [0.05, 0.1) is 11.3 Å². The van der Waals surface area contributed by atoms with Crippen LogP contribution in [0.15, 0.2) is 60.7 Å². The van der Waals surface area contributed by atoms with E-state index in [2.05, 4.69) is 10.6 Å². The number of nitrogen functional groups attached to an aromatic ring is 1. The highest BCUT2D eigenvalue weighted by atomic mass is 16.1. The molecule has 0 aliphatic heterocycles. The Balaban J connectivity index is 2.04. The number of benzene rings is 3. The number of anilines is 2. The molecule has 0 heterocycles. The Bertz CT molecular complexity index is 1020. The van der Waals surface area contributed by atoms with Gasteiger partial charge in [0.1, 0.15) is 5.84 Å². The second-order valence-electron chi connectivity index (χ2n) is 5.66. The Morgan fingerprint density at radius 1 is 0.769 bits per heavy atom. The first kappa shape index (κ1) is 17.0. The zero-order valence-electron chi connectivity index (χ0n) is 13.8. The number of nitrogens with two attached hydrogens (primary N) is 2. The van der Waals surface area contributed by atoms with E-state index in [-0.39, 0.29) is 17.7 Å². The summed E-state index contributed by atoms with van der Waals surface area (Å²) in [5, 5.41) is 22.2. The summed E-state index contributed by atoms with van der Waals surface area (Å²) < 4.78 is 0. The minimum Gasteiger partial charge on any atom is -0.384 e. The van der Waals surface area contributed by atoms with Crippen LogP contribution in [0.4, 0.5) is 11.4 Å². The number of nitrogens with one attached hydrogen (secondary N) is 4. The van der Waals surface area contributed by atoms with Gasteiger partial charge in [0.25, 0.3) is 5.91 Å². The van der Waals surface area contributed by atoms with Crippen molar-refractivity contribution in [3.05, 3.63) is 71.8 Å².